The second-order valence-electron chi connectivity index (χ2n) is 4.15. The van der Waals surface area contributed by atoms with Crippen molar-refractivity contribution in [2.45, 2.75) is 20.3 Å². The predicted octanol–water partition coefficient (Wildman–Crippen LogP) is 1.52. The molecule has 1 amide bonds. The van der Waals surface area contributed by atoms with E-state index in [4.69, 9.17) is 22.7 Å². The van der Waals surface area contributed by atoms with E-state index in [1.54, 1.807) is 12.0 Å². The number of aromatic nitrogens is 1. The SMILES string of the molecule is COCCN(CCC(N)=S)C(=O)c1sc(C)nc1C. The number of nitrogens with zero attached hydrogens (tertiary/aromatic N) is 2. The fraction of sp³-hybridized carbons (Fsp3) is 0.583. The van der Waals surface area contributed by atoms with Crippen LogP contribution in [0.3, 0.4) is 0 Å². The second-order valence-corrected chi connectivity index (χ2v) is 5.88. The fourth-order valence-corrected chi connectivity index (χ4v) is 2.61. The third-order valence-electron chi connectivity index (χ3n) is 2.58. The van der Waals surface area contributed by atoms with Crippen LogP contribution < -0.4 is 5.73 Å². The average molecular weight is 301 g/mol. The molecule has 0 aliphatic rings. The van der Waals surface area contributed by atoms with Crippen molar-refractivity contribution in [1.29, 1.82) is 0 Å². The molecule has 0 bridgehead atoms. The maximum absolute atomic E-state index is 12.5. The molecule has 1 aromatic rings. The van der Waals surface area contributed by atoms with Crippen LogP contribution in [0.5, 0.6) is 0 Å². The second kappa shape index (κ2) is 7.52. The molecule has 1 rings (SSSR count). The molecule has 2 N–H and O–H groups in total. The Labute approximate surface area is 122 Å². The van der Waals surface area contributed by atoms with E-state index in [2.05, 4.69) is 4.98 Å². The predicted molar refractivity (Wildman–Crippen MR) is 80.8 cm³/mol. The Morgan fingerprint density at radius 2 is 2.16 bits per heavy atom. The Morgan fingerprint density at radius 1 is 1.47 bits per heavy atom. The summed E-state index contributed by atoms with van der Waals surface area (Å²) in [5.74, 6) is -0.0311. The van der Waals surface area contributed by atoms with Crippen LogP contribution in [0.25, 0.3) is 0 Å². The standard InChI is InChI=1S/C12H19N3O2S2/c1-8-11(19-9(2)14-8)12(16)15(6-7-17-3)5-4-10(13)18/h4-7H2,1-3H3,(H2,13,18). The zero-order chi connectivity index (χ0) is 14.4. The molecule has 0 aromatic carbocycles. The van der Waals surface area contributed by atoms with Crippen molar-refractivity contribution in [2.24, 2.45) is 5.73 Å². The smallest absolute Gasteiger partial charge is 0.265 e. The van der Waals surface area contributed by atoms with Gasteiger partial charge in [-0.25, -0.2) is 4.98 Å². The van der Waals surface area contributed by atoms with E-state index in [0.717, 1.165) is 10.7 Å². The highest BCUT2D eigenvalue weighted by Gasteiger charge is 2.20. The number of thiazole rings is 1. The van der Waals surface area contributed by atoms with E-state index in [0.29, 0.717) is 36.0 Å². The van der Waals surface area contributed by atoms with Gasteiger partial charge in [0.1, 0.15) is 4.88 Å². The molecule has 0 atom stereocenters. The summed E-state index contributed by atoms with van der Waals surface area (Å²) < 4.78 is 5.03. The Balaban J connectivity index is 2.80. The van der Waals surface area contributed by atoms with Crippen LogP contribution in [0.1, 0.15) is 26.8 Å². The molecule has 0 fully saturated rings. The number of hydrogen-bond acceptors (Lipinski definition) is 5. The molecule has 1 heterocycles. The van der Waals surface area contributed by atoms with Gasteiger partial charge < -0.3 is 15.4 Å². The first-order valence-electron chi connectivity index (χ1n) is 5.96. The lowest BCUT2D eigenvalue weighted by Gasteiger charge is -2.21. The monoisotopic (exact) mass is 301 g/mol. The highest BCUT2D eigenvalue weighted by molar-refractivity contribution is 7.80. The number of thiocarbonyl (C=S) groups is 1. The molecule has 0 radical (unpaired) electrons. The molecule has 5 nitrogen and oxygen atoms in total. The minimum Gasteiger partial charge on any atom is -0.393 e. The van der Waals surface area contributed by atoms with Crippen LogP contribution >= 0.6 is 23.6 Å². The van der Waals surface area contributed by atoms with Gasteiger partial charge >= 0.3 is 0 Å². The van der Waals surface area contributed by atoms with E-state index in [-0.39, 0.29) is 5.91 Å². The fourth-order valence-electron chi connectivity index (χ4n) is 1.63. The number of hydrogen-bond donors (Lipinski definition) is 1. The lowest BCUT2D eigenvalue weighted by atomic mass is 10.3. The van der Waals surface area contributed by atoms with Crippen LogP contribution in [0, 0.1) is 13.8 Å². The number of nitrogens with two attached hydrogens (primary N) is 1. The van der Waals surface area contributed by atoms with Gasteiger partial charge in [0, 0.05) is 26.6 Å². The molecule has 0 aliphatic carbocycles. The Bertz CT molecular complexity index is 460. The van der Waals surface area contributed by atoms with Gasteiger partial charge in [-0.3, -0.25) is 4.79 Å². The molecule has 0 spiro atoms. The van der Waals surface area contributed by atoms with Crippen molar-refractivity contribution in [3.05, 3.63) is 15.6 Å². The van der Waals surface area contributed by atoms with Crippen LogP contribution in [-0.2, 0) is 4.74 Å². The van der Waals surface area contributed by atoms with Crippen molar-refractivity contribution in [3.63, 3.8) is 0 Å². The number of ether oxygens (including phenoxy) is 1. The molecule has 19 heavy (non-hydrogen) atoms. The summed E-state index contributed by atoms with van der Waals surface area (Å²) in [6.07, 6.45) is 0.515. The molecular weight excluding hydrogens is 282 g/mol. The van der Waals surface area contributed by atoms with Gasteiger partial charge in [-0.15, -0.1) is 11.3 Å². The normalized spacial score (nSPS) is 10.5. The van der Waals surface area contributed by atoms with E-state index in [9.17, 15) is 4.79 Å². The van der Waals surface area contributed by atoms with Crippen molar-refractivity contribution >= 4 is 34.5 Å². The molecule has 0 aliphatic heterocycles. The van der Waals surface area contributed by atoms with E-state index < -0.39 is 0 Å². The first kappa shape index (κ1) is 16.0. The maximum atomic E-state index is 12.5. The lowest BCUT2D eigenvalue weighted by molar-refractivity contribution is 0.0705. The summed E-state index contributed by atoms with van der Waals surface area (Å²) in [5, 5.41) is 0.891. The largest absolute Gasteiger partial charge is 0.393 e. The number of methoxy groups -OCH3 is 1. The quantitative estimate of drug-likeness (QED) is 0.773. The Kier molecular flexibility index (Phi) is 6.33. The zero-order valence-corrected chi connectivity index (χ0v) is 13.1. The van der Waals surface area contributed by atoms with Gasteiger partial charge in [-0.2, -0.15) is 0 Å². The van der Waals surface area contributed by atoms with Gasteiger partial charge in [0.25, 0.3) is 5.91 Å². The molecule has 0 saturated carbocycles. The molecule has 0 saturated heterocycles. The number of aryl methyl sites for hydroxylation is 2. The van der Waals surface area contributed by atoms with E-state index >= 15 is 0 Å². The maximum Gasteiger partial charge on any atom is 0.265 e. The van der Waals surface area contributed by atoms with E-state index in [1.165, 1.54) is 11.3 Å². The molecule has 1 aromatic heterocycles. The molecular formula is C12H19N3O2S2. The van der Waals surface area contributed by atoms with Crippen LogP contribution in [-0.4, -0.2) is 47.6 Å². The Hall–Kier alpha value is -1.05. The number of carbonyl (C=O) groups excluding carboxylic acids is 1. The van der Waals surface area contributed by atoms with Crippen LogP contribution in [0.15, 0.2) is 0 Å². The van der Waals surface area contributed by atoms with Crippen molar-refractivity contribution in [3.8, 4) is 0 Å². The van der Waals surface area contributed by atoms with Gasteiger partial charge in [0.05, 0.1) is 22.3 Å². The summed E-state index contributed by atoms with van der Waals surface area (Å²) in [7, 11) is 1.61. The third kappa shape index (κ3) is 4.85. The van der Waals surface area contributed by atoms with Gasteiger partial charge in [0.15, 0.2) is 0 Å². The van der Waals surface area contributed by atoms with Gasteiger partial charge in [-0.1, -0.05) is 12.2 Å². The van der Waals surface area contributed by atoms with Crippen LogP contribution in [0.2, 0.25) is 0 Å². The highest BCUT2D eigenvalue weighted by Crippen LogP contribution is 2.19. The lowest BCUT2D eigenvalue weighted by Crippen LogP contribution is -2.36. The number of rotatable bonds is 7. The van der Waals surface area contributed by atoms with Gasteiger partial charge in [0.2, 0.25) is 0 Å². The van der Waals surface area contributed by atoms with Crippen molar-refractivity contribution in [2.75, 3.05) is 26.8 Å². The summed E-state index contributed by atoms with van der Waals surface area (Å²) in [6, 6.07) is 0. The number of amides is 1. The molecule has 106 valence electrons. The van der Waals surface area contributed by atoms with Gasteiger partial charge in [-0.05, 0) is 13.8 Å². The average Bonchev–Trinajstić information content (AvgIpc) is 2.67. The minimum absolute atomic E-state index is 0.0311. The zero-order valence-electron chi connectivity index (χ0n) is 11.4. The first-order chi connectivity index (χ1) is 8.95. The molecule has 0 unspecified atom stereocenters. The summed E-state index contributed by atoms with van der Waals surface area (Å²) in [6.45, 7) is 5.25. The topological polar surface area (TPSA) is 68.5 Å². The summed E-state index contributed by atoms with van der Waals surface area (Å²) in [4.78, 5) is 19.5. The first-order valence-corrected chi connectivity index (χ1v) is 7.18. The van der Waals surface area contributed by atoms with Crippen LogP contribution in [0.4, 0.5) is 0 Å². The summed E-state index contributed by atoms with van der Waals surface area (Å²) >= 11 is 6.27. The molecule has 7 heteroatoms. The highest BCUT2D eigenvalue weighted by atomic mass is 32.1. The number of carbonyl (C=O) groups is 1. The summed E-state index contributed by atoms with van der Waals surface area (Å²) in [5.41, 5.74) is 6.26. The Morgan fingerprint density at radius 3 is 2.63 bits per heavy atom. The van der Waals surface area contributed by atoms with Crippen molar-refractivity contribution in [1.82, 2.24) is 9.88 Å². The van der Waals surface area contributed by atoms with E-state index in [1.807, 2.05) is 13.8 Å². The minimum atomic E-state index is -0.0311. The third-order valence-corrected chi connectivity index (χ3v) is 3.84. The van der Waals surface area contributed by atoms with Crippen molar-refractivity contribution < 1.29 is 9.53 Å².